The highest BCUT2D eigenvalue weighted by molar-refractivity contribution is 5.69. The normalized spacial score (nSPS) is 15.6. The van der Waals surface area contributed by atoms with Crippen LogP contribution in [0.15, 0.2) is 0 Å². The zero-order valence-electron chi connectivity index (χ0n) is 38.0. The molecule has 1 saturated heterocycles. The Morgan fingerprint density at radius 3 is 1.47 bits per heavy atom. The number of hydrogen-bond donors (Lipinski definition) is 1. The molecule has 0 spiro atoms. The van der Waals surface area contributed by atoms with Gasteiger partial charge in [-0.15, -0.1) is 0 Å². The molecule has 1 aliphatic rings. The van der Waals surface area contributed by atoms with E-state index in [4.69, 9.17) is 9.47 Å². The molecule has 1 fully saturated rings. The van der Waals surface area contributed by atoms with E-state index in [0.29, 0.717) is 50.5 Å². The molecule has 0 aromatic rings. The number of unbranched alkanes of at least 4 members (excludes halogenated alkanes) is 20. The van der Waals surface area contributed by atoms with Gasteiger partial charge in [0, 0.05) is 25.6 Å². The highest BCUT2D eigenvalue weighted by Crippen LogP contribution is 2.23. The molecule has 328 valence electrons. The SMILES string of the molecule is CCCCCCCCC(CCCCCCCC)COC(=O)CCN(CCC(O)OCC(CCCCCCCC)CCCCCCCC)CCC1CCCN1C. The molecule has 0 saturated carbocycles. The minimum Gasteiger partial charge on any atom is -0.465 e. The van der Waals surface area contributed by atoms with Crippen molar-refractivity contribution in [3.8, 4) is 0 Å². The Labute approximate surface area is 344 Å². The average Bonchev–Trinajstić information content (AvgIpc) is 3.61. The van der Waals surface area contributed by atoms with Gasteiger partial charge in [-0.1, -0.05) is 182 Å². The van der Waals surface area contributed by atoms with E-state index >= 15 is 0 Å². The van der Waals surface area contributed by atoms with Crippen LogP contribution in [0.5, 0.6) is 0 Å². The van der Waals surface area contributed by atoms with Crippen LogP contribution < -0.4 is 0 Å². The number of nitrogens with zero attached hydrogens (tertiary/aromatic N) is 2. The number of likely N-dealkylation sites (tertiary alicyclic amines) is 1. The van der Waals surface area contributed by atoms with Crippen LogP contribution in [0.25, 0.3) is 0 Å². The number of hydrogen-bond acceptors (Lipinski definition) is 6. The van der Waals surface area contributed by atoms with E-state index in [1.54, 1.807) is 0 Å². The lowest BCUT2D eigenvalue weighted by Crippen LogP contribution is -2.35. The van der Waals surface area contributed by atoms with E-state index in [0.717, 1.165) is 19.5 Å². The van der Waals surface area contributed by atoms with Crippen molar-refractivity contribution in [1.29, 1.82) is 0 Å². The van der Waals surface area contributed by atoms with Gasteiger partial charge in [0.25, 0.3) is 0 Å². The Morgan fingerprint density at radius 1 is 0.600 bits per heavy atom. The first-order chi connectivity index (χ1) is 26.9. The highest BCUT2D eigenvalue weighted by atomic mass is 16.6. The van der Waals surface area contributed by atoms with E-state index in [2.05, 4.69) is 44.5 Å². The molecule has 1 rings (SSSR count). The topological polar surface area (TPSA) is 62.2 Å². The van der Waals surface area contributed by atoms with E-state index < -0.39 is 6.29 Å². The highest BCUT2D eigenvalue weighted by Gasteiger charge is 2.22. The molecular formula is C49H98N2O4. The molecular weight excluding hydrogens is 681 g/mol. The van der Waals surface area contributed by atoms with E-state index in [1.807, 2.05) is 0 Å². The Balaban J connectivity index is 2.63. The summed E-state index contributed by atoms with van der Waals surface area (Å²) in [6.45, 7) is 14.0. The maximum absolute atomic E-state index is 13.2. The maximum Gasteiger partial charge on any atom is 0.307 e. The fourth-order valence-corrected chi connectivity index (χ4v) is 8.64. The molecule has 0 aromatic heterocycles. The first-order valence-corrected chi connectivity index (χ1v) is 24.8. The molecule has 55 heavy (non-hydrogen) atoms. The molecule has 0 amide bonds. The number of aliphatic hydroxyl groups is 1. The molecule has 6 nitrogen and oxygen atoms in total. The second kappa shape index (κ2) is 38.8. The van der Waals surface area contributed by atoms with Crippen molar-refractivity contribution in [2.45, 2.75) is 252 Å². The van der Waals surface area contributed by atoms with E-state index in [9.17, 15) is 9.90 Å². The summed E-state index contributed by atoms with van der Waals surface area (Å²) in [5.74, 6) is 0.984. The van der Waals surface area contributed by atoms with E-state index in [1.165, 1.54) is 199 Å². The number of aliphatic hydroxyl groups excluding tert-OH is 1. The third-order valence-electron chi connectivity index (χ3n) is 12.6. The summed E-state index contributed by atoms with van der Waals surface area (Å²) in [4.78, 5) is 18.1. The van der Waals surface area contributed by atoms with Gasteiger partial charge in [0.1, 0.15) is 0 Å². The summed E-state index contributed by atoms with van der Waals surface area (Å²) in [6.07, 6.45) is 40.4. The minimum atomic E-state index is -0.745. The van der Waals surface area contributed by atoms with Crippen LogP contribution in [0.2, 0.25) is 0 Å². The van der Waals surface area contributed by atoms with Crippen LogP contribution in [0.1, 0.15) is 240 Å². The average molecular weight is 779 g/mol. The zero-order valence-corrected chi connectivity index (χ0v) is 38.0. The Hall–Kier alpha value is -0.690. The Bertz CT molecular complexity index is 780. The van der Waals surface area contributed by atoms with Crippen LogP contribution in [-0.4, -0.2) is 79.6 Å². The summed E-state index contributed by atoms with van der Waals surface area (Å²) < 4.78 is 12.2. The molecule has 1 N–H and O–H groups in total. The van der Waals surface area contributed by atoms with Crippen LogP contribution >= 0.6 is 0 Å². The van der Waals surface area contributed by atoms with Gasteiger partial charge in [0.05, 0.1) is 19.6 Å². The van der Waals surface area contributed by atoms with Gasteiger partial charge in [-0.25, -0.2) is 0 Å². The van der Waals surface area contributed by atoms with Crippen molar-refractivity contribution in [2.75, 3.05) is 46.4 Å². The van der Waals surface area contributed by atoms with Gasteiger partial charge in [0.15, 0.2) is 6.29 Å². The quantitative estimate of drug-likeness (QED) is 0.0378. The maximum atomic E-state index is 13.2. The number of ether oxygens (including phenoxy) is 2. The summed E-state index contributed by atoms with van der Waals surface area (Å²) in [6, 6.07) is 0.616. The summed E-state index contributed by atoms with van der Waals surface area (Å²) in [7, 11) is 2.25. The van der Waals surface area contributed by atoms with Crippen molar-refractivity contribution in [1.82, 2.24) is 9.80 Å². The molecule has 2 unspecified atom stereocenters. The first kappa shape index (κ1) is 52.3. The van der Waals surface area contributed by atoms with Gasteiger partial charge in [-0.2, -0.15) is 0 Å². The monoisotopic (exact) mass is 779 g/mol. The summed E-state index contributed by atoms with van der Waals surface area (Å²) in [5.41, 5.74) is 0. The van der Waals surface area contributed by atoms with Gasteiger partial charge in [-0.3, -0.25) is 4.79 Å². The fourth-order valence-electron chi connectivity index (χ4n) is 8.64. The smallest absolute Gasteiger partial charge is 0.307 e. The minimum absolute atomic E-state index is 0.0529. The van der Waals surface area contributed by atoms with Gasteiger partial charge >= 0.3 is 5.97 Å². The predicted molar refractivity (Wildman–Crippen MR) is 238 cm³/mol. The largest absolute Gasteiger partial charge is 0.465 e. The standard InChI is InChI=1S/C49H98N2O4/c1-6-10-14-18-22-26-31-45(32-27-23-19-15-11-7-2)43-54-48(52)37-41-51(40-36-47-35-30-39-50(47)5)42-38-49(53)55-44-46(33-28-24-20-16-12-8-3)34-29-25-21-17-13-9-4/h45-48,52H,6-44H2,1-5H3. The number of esters is 1. The van der Waals surface area contributed by atoms with Crippen molar-refractivity contribution in [3.63, 3.8) is 0 Å². The van der Waals surface area contributed by atoms with Crippen LogP contribution in [0.3, 0.4) is 0 Å². The number of rotatable bonds is 42. The lowest BCUT2D eigenvalue weighted by Gasteiger charge is -2.27. The zero-order chi connectivity index (χ0) is 40.0. The summed E-state index contributed by atoms with van der Waals surface area (Å²) >= 11 is 0. The number of carbonyl (C=O) groups excluding carboxylic acids is 1. The van der Waals surface area contributed by atoms with Gasteiger partial charge < -0.3 is 24.4 Å². The molecule has 0 radical (unpaired) electrons. The third kappa shape index (κ3) is 31.9. The van der Waals surface area contributed by atoms with Crippen molar-refractivity contribution in [3.05, 3.63) is 0 Å². The van der Waals surface area contributed by atoms with E-state index in [-0.39, 0.29) is 5.97 Å². The van der Waals surface area contributed by atoms with Crippen LogP contribution in [-0.2, 0) is 14.3 Å². The first-order valence-electron chi connectivity index (χ1n) is 24.8. The van der Waals surface area contributed by atoms with Crippen LogP contribution in [0.4, 0.5) is 0 Å². The third-order valence-corrected chi connectivity index (χ3v) is 12.6. The fraction of sp³-hybridized carbons (Fsp3) is 0.980. The second-order valence-electron chi connectivity index (χ2n) is 17.9. The summed E-state index contributed by atoms with van der Waals surface area (Å²) in [5, 5.41) is 11.0. The lowest BCUT2D eigenvalue weighted by atomic mass is 9.94. The molecule has 1 aliphatic heterocycles. The number of carbonyl (C=O) groups is 1. The molecule has 0 aliphatic carbocycles. The van der Waals surface area contributed by atoms with Gasteiger partial charge in [-0.05, 0) is 76.9 Å². The van der Waals surface area contributed by atoms with Gasteiger partial charge in [0.2, 0.25) is 0 Å². The molecule has 0 bridgehead atoms. The van der Waals surface area contributed by atoms with Crippen LogP contribution in [0, 0.1) is 11.8 Å². The Morgan fingerprint density at radius 2 is 1.04 bits per heavy atom. The molecule has 0 aromatic carbocycles. The van der Waals surface area contributed by atoms with Crippen molar-refractivity contribution >= 4 is 5.97 Å². The van der Waals surface area contributed by atoms with Crippen molar-refractivity contribution in [2.24, 2.45) is 11.8 Å². The van der Waals surface area contributed by atoms with Crippen molar-refractivity contribution < 1.29 is 19.4 Å². The second-order valence-corrected chi connectivity index (χ2v) is 17.9. The molecule has 2 atom stereocenters. The molecule has 6 heteroatoms. The predicted octanol–water partition coefficient (Wildman–Crippen LogP) is 13.7. The Kier molecular flexibility index (Phi) is 36.9. The lowest BCUT2D eigenvalue weighted by molar-refractivity contribution is -0.145. The molecule has 1 heterocycles.